The second-order valence-electron chi connectivity index (χ2n) is 29.5. The third-order valence-electron chi connectivity index (χ3n) is 19.1. The van der Waals surface area contributed by atoms with E-state index in [2.05, 4.69) is 296 Å². The molecule has 4 aliphatic rings. The maximum absolute atomic E-state index is 2.82. The Hall–Kier alpha value is -6.78. The minimum Gasteiger partial charge on any atom is -0.334 e. The third-order valence-corrected chi connectivity index (χ3v) is 19.1. The van der Waals surface area contributed by atoms with E-state index in [9.17, 15) is 0 Å². The highest BCUT2D eigenvalue weighted by Crippen LogP contribution is 2.64. The van der Waals surface area contributed by atoms with Crippen LogP contribution in [0.1, 0.15) is 170 Å². The van der Waals surface area contributed by atoms with Crippen LogP contribution < -0.4 is 31.1 Å². The van der Waals surface area contributed by atoms with Gasteiger partial charge in [0.25, 0.3) is 6.71 Å². The van der Waals surface area contributed by atoms with Crippen molar-refractivity contribution in [3.05, 3.63) is 197 Å². The molecule has 2 unspecified atom stereocenters. The summed E-state index contributed by atoms with van der Waals surface area (Å²) < 4.78 is 0. The molecule has 1 aliphatic carbocycles. The number of nitrogens with zero attached hydrogens (tertiary/aromatic N) is 3. The van der Waals surface area contributed by atoms with Crippen LogP contribution >= 0.6 is 0 Å². The average molecular weight is 1040 g/mol. The van der Waals surface area contributed by atoms with E-state index in [-0.39, 0.29) is 44.7 Å². The van der Waals surface area contributed by atoms with Gasteiger partial charge in [0, 0.05) is 50.7 Å². The third kappa shape index (κ3) is 8.43. The molecule has 12 rings (SSSR count). The molecular formula is C75H84BN3. The van der Waals surface area contributed by atoms with Gasteiger partial charge in [0.15, 0.2) is 0 Å². The number of anilines is 8. The van der Waals surface area contributed by atoms with Crippen LogP contribution in [0.2, 0.25) is 0 Å². The normalized spacial score (nSPS) is 18.8. The molecule has 0 radical (unpaired) electrons. The van der Waals surface area contributed by atoms with Crippen molar-refractivity contribution in [1.29, 1.82) is 0 Å². The molecule has 0 amide bonds. The molecule has 3 heterocycles. The summed E-state index contributed by atoms with van der Waals surface area (Å²) in [5.74, 6) is 0. The molecule has 402 valence electrons. The minimum atomic E-state index is -0.171. The van der Waals surface area contributed by atoms with Crippen LogP contribution in [0.25, 0.3) is 22.3 Å². The predicted molar refractivity (Wildman–Crippen MR) is 343 cm³/mol. The SMILES string of the molecule is CC(C)(C)c1ccc2c(c1)B1c3ccc(C(C)(C)C)cc3N(c3ccc(C(C)(C)C)cc3-c3ccccc3)c3cc(N4c5ccc(C(C)(C)C)cc5C5(C)CCCC45C)cc(c31)N2c1ccc(C(C)(C)C)cc1-c1ccccc1. The molecule has 3 nitrogen and oxygen atoms in total. The van der Waals surface area contributed by atoms with Gasteiger partial charge in [-0.15, -0.1) is 0 Å². The van der Waals surface area contributed by atoms with Crippen LogP contribution in [0.4, 0.5) is 45.5 Å². The van der Waals surface area contributed by atoms with Crippen molar-refractivity contribution in [2.45, 2.75) is 175 Å². The Morgan fingerprint density at radius 3 is 1.28 bits per heavy atom. The van der Waals surface area contributed by atoms with Crippen LogP contribution in [0.3, 0.4) is 0 Å². The zero-order chi connectivity index (χ0) is 56.1. The van der Waals surface area contributed by atoms with Crippen LogP contribution in [0.15, 0.2) is 164 Å². The lowest BCUT2D eigenvalue weighted by molar-refractivity contribution is 0.330. The van der Waals surface area contributed by atoms with Crippen LogP contribution in [-0.4, -0.2) is 12.3 Å². The van der Waals surface area contributed by atoms with E-state index in [0.29, 0.717) is 0 Å². The second kappa shape index (κ2) is 17.9. The fraction of sp³-hybridized carbons (Fsp3) is 0.360. The number of benzene rings is 8. The fourth-order valence-electron chi connectivity index (χ4n) is 14.1. The molecule has 1 fully saturated rings. The Morgan fingerprint density at radius 1 is 0.367 bits per heavy atom. The molecule has 0 spiro atoms. The Kier molecular flexibility index (Phi) is 12.0. The molecule has 8 aromatic rings. The summed E-state index contributed by atoms with van der Waals surface area (Å²) in [6, 6.07) is 64.8. The lowest BCUT2D eigenvalue weighted by Gasteiger charge is -2.47. The van der Waals surface area contributed by atoms with Crippen molar-refractivity contribution < 1.29 is 0 Å². The Bertz CT molecular complexity index is 3720. The predicted octanol–water partition coefficient (Wildman–Crippen LogP) is 18.9. The van der Waals surface area contributed by atoms with E-state index in [1.54, 1.807) is 0 Å². The molecular weight excluding hydrogens is 954 g/mol. The fourth-order valence-corrected chi connectivity index (χ4v) is 14.1. The Labute approximate surface area is 475 Å². The molecule has 1 saturated carbocycles. The van der Waals surface area contributed by atoms with Crippen molar-refractivity contribution in [3.63, 3.8) is 0 Å². The van der Waals surface area contributed by atoms with Gasteiger partial charge in [0.05, 0.1) is 16.9 Å². The average Bonchev–Trinajstić information content (AvgIpc) is 3.99. The summed E-state index contributed by atoms with van der Waals surface area (Å²) in [6.07, 6.45) is 3.46. The van der Waals surface area contributed by atoms with Gasteiger partial charge in [-0.2, -0.15) is 0 Å². The molecule has 3 aliphatic heterocycles. The molecule has 4 heteroatoms. The van der Waals surface area contributed by atoms with E-state index in [0.717, 1.165) is 12.8 Å². The number of fused-ring (bicyclic) bond motifs is 7. The highest BCUT2D eigenvalue weighted by molar-refractivity contribution is 7.00. The molecule has 2 atom stereocenters. The first-order valence-electron chi connectivity index (χ1n) is 29.5. The van der Waals surface area contributed by atoms with Crippen molar-refractivity contribution >= 4 is 68.6 Å². The van der Waals surface area contributed by atoms with Crippen molar-refractivity contribution in [2.24, 2.45) is 0 Å². The van der Waals surface area contributed by atoms with E-state index in [4.69, 9.17) is 0 Å². The van der Waals surface area contributed by atoms with Gasteiger partial charge in [-0.1, -0.05) is 226 Å². The number of hydrogen-bond acceptors (Lipinski definition) is 3. The maximum atomic E-state index is 2.82. The van der Waals surface area contributed by atoms with E-state index >= 15 is 0 Å². The summed E-state index contributed by atoms with van der Waals surface area (Å²) in [4.78, 5) is 8.23. The van der Waals surface area contributed by atoms with Crippen molar-refractivity contribution in [1.82, 2.24) is 0 Å². The first-order valence-corrected chi connectivity index (χ1v) is 29.5. The first kappa shape index (κ1) is 52.9. The van der Waals surface area contributed by atoms with Gasteiger partial charge in [0.2, 0.25) is 0 Å². The molecule has 8 aromatic carbocycles. The monoisotopic (exact) mass is 1040 g/mol. The topological polar surface area (TPSA) is 9.72 Å². The quantitative estimate of drug-likeness (QED) is 0.159. The minimum absolute atomic E-state index is 0.0252. The zero-order valence-electron chi connectivity index (χ0n) is 50.6. The maximum Gasteiger partial charge on any atom is 0.252 e. The molecule has 0 saturated heterocycles. The molecule has 0 aromatic heterocycles. The summed E-state index contributed by atoms with van der Waals surface area (Å²) in [5.41, 5.74) is 26.6. The number of rotatable bonds is 5. The Balaban J connectivity index is 1.26. The van der Waals surface area contributed by atoms with Crippen molar-refractivity contribution in [2.75, 3.05) is 14.7 Å². The molecule has 0 N–H and O–H groups in total. The van der Waals surface area contributed by atoms with Crippen LogP contribution in [0, 0.1) is 0 Å². The largest absolute Gasteiger partial charge is 0.334 e. The van der Waals surface area contributed by atoms with E-state index in [1.165, 1.54) is 124 Å². The zero-order valence-corrected chi connectivity index (χ0v) is 50.6. The van der Waals surface area contributed by atoms with Gasteiger partial charge in [-0.05, 0) is 162 Å². The first-order chi connectivity index (χ1) is 37.1. The lowest BCUT2D eigenvalue weighted by Crippen LogP contribution is -2.61. The van der Waals surface area contributed by atoms with Crippen LogP contribution in [-0.2, 0) is 32.5 Å². The van der Waals surface area contributed by atoms with Crippen molar-refractivity contribution in [3.8, 4) is 22.3 Å². The van der Waals surface area contributed by atoms with E-state index in [1.807, 2.05) is 0 Å². The molecule has 79 heavy (non-hydrogen) atoms. The van der Waals surface area contributed by atoms with Gasteiger partial charge in [0.1, 0.15) is 0 Å². The van der Waals surface area contributed by atoms with Crippen LogP contribution in [0.5, 0.6) is 0 Å². The highest BCUT2D eigenvalue weighted by Gasteiger charge is 2.60. The summed E-state index contributed by atoms with van der Waals surface area (Å²) in [7, 11) is 0. The second-order valence-corrected chi connectivity index (χ2v) is 29.5. The van der Waals surface area contributed by atoms with Gasteiger partial charge in [-0.25, -0.2) is 0 Å². The lowest BCUT2D eigenvalue weighted by atomic mass is 9.33. The number of hydrogen-bond donors (Lipinski definition) is 0. The Morgan fingerprint density at radius 2 is 0.785 bits per heavy atom. The van der Waals surface area contributed by atoms with Gasteiger partial charge in [-0.3, -0.25) is 0 Å². The smallest absolute Gasteiger partial charge is 0.252 e. The highest BCUT2D eigenvalue weighted by atomic mass is 15.3. The van der Waals surface area contributed by atoms with Gasteiger partial charge >= 0.3 is 0 Å². The summed E-state index contributed by atoms with van der Waals surface area (Å²) >= 11 is 0. The molecule has 0 bridgehead atoms. The standard InChI is InChI=1S/C75H84BN3/c1-69(2,3)50-30-35-61(56(41-50)48-25-20-18-21-26-48)77-64-38-33-53(72(10,11)12)44-60(64)76-59-34-29-54(73(13,14)15)45-65(59)78(62-36-31-51(70(4,5)6)42-57(62)49-27-22-19-23-28-49)67-47-55(46-66(77)68(67)76)79-63-37-32-52(71(7,8)9)43-58(63)74(16)39-24-40-75(74,79)17/h18-23,25-38,41-47H,24,39-40H2,1-17H3. The summed E-state index contributed by atoms with van der Waals surface area (Å²) in [6.45, 7) is 40.5. The van der Waals surface area contributed by atoms with E-state index < -0.39 is 0 Å². The van der Waals surface area contributed by atoms with Gasteiger partial charge < -0.3 is 14.7 Å². The summed E-state index contributed by atoms with van der Waals surface area (Å²) in [5, 5.41) is 0.